The van der Waals surface area contributed by atoms with Crippen LogP contribution in [0.1, 0.15) is 5.56 Å². The second kappa shape index (κ2) is 3.16. The molecule has 0 fully saturated rings. The number of hydrogen-bond donors (Lipinski definition) is 1. The van der Waals surface area contributed by atoms with Gasteiger partial charge in [-0.15, -0.1) is 22.9 Å². The molecule has 1 heterocycles. The van der Waals surface area contributed by atoms with E-state index in [9.17, 15) is 4.39 Å². The van der Waals surface area contributed by atoms with Gasteiger partial charge in [-0.3, -0.25) is 0 Å². The van der Waals surface area contributed by atoms with Crippen LogP contribution in [0, 0.1) is 5.82 Å². The fourth-order valence-corrected chi connectivity index (χ4v) is 2.30. The molecule has 0 aliphatic rings. The van der Waals surface area contributed by atoms with Crippen LogP contribution in [0.25, 0.3) is 10.1 Å². The van der Waals surface area contributed by atoms with Gasteiger partial charge in [0.15, 0.2) is 0 Å². The van der Waals surface area contributed by atoms with Crippen molar-refractivity contribution in [2.45, 2.75) is 5.88 Å². The number of thiophene rings is 1. The van der Waals surface area contributed by atoms with Gasteiger partial charge < -0.3 is 5.73 Å². The highest BCUT2D eigenvalue weighted by Gasteiger charge is 2.06. The smallest absolute Gasteiger partial charge is 0.141 e. The van der Waals surface area contributed by atoms with Crippen LogP contribution >= 0.6 is 22.9 Å². The molecule has 2 aromatic rings. The average molecular weight is 216 g/mol. The summed E-state index contributed by atoms with van der Waals surface area (Å²) in [6, 6.07) is 3.48. The van der Waals surface area contributed by atoms with Crippen LogP contribution in [-0.4, -0.2) is 0 Å². The summed E-state index contributed by atoms with van der Waals surface area (Å²) in [5, 5.41) is 2.05. The van der Waals surface area contributed by atoms with Gasteiger partial charge in [-0.05, 0) is 17.7 Å². The van der Waals surface area contributed by atoms with Crippen LogP contribution in [0.5, 0.6) is 0 Å². The molecule has 13 heavy (non-hydrogen) atoms. The van der Waals surface area contributed by atoms with Crippen LogP contribution in [0.3, 0.4) is 0 Å². The maximum Gasteiger partial charge on any atom is 0.141 e. The van der Waals surface area contributed by atoms with Crippen molar-refractivity contribution in [3.63, 3.8) is 0 Å². The molecule has 0 radical (unpaired) electrons. The minimum absolute atomic E-state index is 0.215. The van der Waals surface area contributed by atoms with Crippen molar-refractivity contribution in [1.29, 1.82) is 0 Å². The summed E-state index contributed by atoms with van der Waals surface area (Å²) in [5.74, 6) is 0.147. The van der Waals surface area contributed by atoms with E-state index < -0.39 is 0 Å². The van der Waals surface area contributed by atoms with Gasteiger partial charge in [0.25, 0.3) is 0 Å². The van der Waals surface area contributed by atoms with Gasteiger partial charge in [-0.2, -0.15) is 0 Å². The molecule has 0 aliphatic carbocycles. The molecule has 0 unspecified atom stereocenters. The highest BCUT2D eigenvalue weighted by atomic mass is 35.5. The van der Waals surface area contributed by atoms with Gasteiger partial charge in [0, 0.05) is 27.0 Å². The Morgan fingerprint density at radius 1 is 1.46 bits per heavy atom. The van der Waals surface area contributed by atoms with E-state index >= 15 is 0 Å². The second-order valence-electron chi connectivity index (χ2n) is 2.76. The number of fused-ring (bicyclic) bond motifs is 1. The lowest BCUT2D eigenvalue weighted by molar-refractivity contribution is 0.644. The minimum Gasteiger partial charge on any atom is -0.398 e. The number of rotatable bonds is 1. The molecule has 0 saturated carbocycles. The summed E-state index contributed by atoms with van der Waals surface area (Å²) in [4.78, 5) is 0. The van der Waals surface area contributed by atoms with Crippen molar-refractivity contribution in [2.24, 2.45) is 0 Å². The second-order valence-corrected chi connectivity index (χ2v) is 3.94. The summed E-state index contributed by atoms with van der Waals surface area (Å²) in [5.41, 5.74) is 7.09. The van der Waals surface area contributed by atoms with Crippen molar-refractivity contribution in [1.82, 2.24) is 0 Å². The molecule has 0 saturated heterocycles. The molecule has 1 aromatic carbocycles. The van der Waals surface area contributed by atoms with Crippen molar-refractivity contribution >= 4 is 38.7 Å². The van der Waals surface area contributed by atoms with Crippen molar-refractivity contribution in [3.8, 4) is 0 Å². The Hall–Kier alpha value is -0.800. The van der Waals surface area contributed by atoms with Crippen LogP contribution < -0.4 is 5.73 Å². The largest absolute Gasteiger partial charge is 0.398 e. The first-order valence-corrected chi connectivity index (χ1v) is 5.15. The Kier molecular flexibility index (Phi) is 2.14. The van der Waals surface area contributed by atoms with Crippen LogP contribution in [0.2, 0.25) is 0 Å². The van der Waals surface area contributed by atoms with E-state index in [0.29, 0.717) is 17.0 Å². The number of halogens is 2. The minimum atomic E-state index is -0.215. The molecule has 1 aromatic heterocycles. The molecular formula is C9H7ClFNS. The van der Waals surface area contributed by atoms with E-state index in [1.807, 2.05) is 6.07 Å². The maximum atomic E-state index is 13.1. The van der Waals surface area contributed by atoms with E-state index in [4.69, 9.17) is 17.3 Å². The first-order chi connectivity index (χ1) is 6.22. The molecule has 2 N–H and O–H groups in total. The summed E-state index contributed by atoms with van der Waals surface area (Å²) in [7, 11) is 0. The number of anilines is 1. The van der Waals surface area contributed by atoms with Gasteiger partial charge in [0.1, 0.15) is 5.82 Å². The summed E-state index contributed by atoms with van der Waals surface area (Å²) in [6.07, 6.45) is 0. The molecule has 1 nitrogen and oxygen atoms in total. The predicted molar refractivity (Wildman–Crippen MR) is 55.8 cm³/mol. The summed E-state index contributed by atoms with van der Waals surface area (Å²) < 4.78 is 14.0. The monoisotopic (exact) mass is 215 g/mol. The van der Waals surface area contributed by atoms with Gasteiger partial charge in [0.05, 0.1) is 0 Å². The van der Waals surface area contributed by atoms with Crippen LogP contribution in [0.15, 0.2) is 17.5 Å². The Bertz CT molecular complexity index is 452. The van der Waals surface area contributed by atoms with Gasteiger partial charge in [0.2, 0.25) is 0 Å². The van der Waals surface area contributed by atoms with E-state index in [1.165, 1.54) is 16.7 Å². The van der Waals surface area contributed by atoms with Gasteiger partial charge in [-0.1, -0.05) is 0 Å². The lowest BCUT2D eigenvalue weighted by atomic mass is 10.1. The van der Waals surface area contributed by atoms with Crippen molar-refractivity contribution in [2.75, 3.05) is 5.73 Å². The van der Waals surface area contributed by atoms with E-state index in [1.54, 1.807) is 6.07 Å². The quantitative estimate of drug-likeness (QED) is 0.573. The number of benzene rings is 1. The van der Waals surface area contributed by atoms with Crippen molar-refractivity contribution < 1.29 is 4.39 Å². The highest BCUT2D eigenvalue weighted by molar-refractivity contribution is 7.17. The normalized spacial score (nSPS) is 10.9. The topological polar surface area (TPSA) is 26.0 Å². The zero-order valence-electron chi connectivity index (χ0n) is 6.68. The Balaban J connectivity index is 2.76. The number of nitrogen functional groups attached to an aromatic ring is 1. The summed E-state index contributed by atoms with van der Waals surface area (Å²) >= 11 is 7.03. The lowest BCUT2D eigenvalue weighted by Gasteiger charge is -2.01. The van der Waals surface area contributed by atoms with Crippen LogP contribution in [0.4, 0.5) is 10.1 Å². The summed E-state index contributed by atoms with van der Waals surface area (Å²) in [6.45, 7) is 0. The molecule has 0 amide bonds. The van der Waals surface area contributed by atoms with Gasteiger partial charge >= 0.3 is 0 Å². The Morgan fingerprint density at radius 3 is 2.92 bits per heavy atom. The fourth-order valence-electron chi connectivity index (χ4n) is 1.22. The molecule has 68 valence electrons. The Morgan fingerprint density at radius 2 is 2.23 bits per heavy atom. The first-order valence-electron chi connectivity index (χ1n) is 3.73. The molecule has 2 rings (SSSR count). The highest BCUT2D eigenvalue weighted by Crippen LogP contribution is 2.29. The molecule has 0 spiro atoms. The third-order valence-corrected chi connectivity index (χ3v) is 3.14. The molecular weight excluding hydrogens is 209 g/mol. The van der Waals surface area contributed by atoms with Crippen LogP contribution in [-0.2, 0) is 5.88 Å². The predicted octanol–water partition coefficient (Wildman–Crippen LogP) is 3.36. The molecule has 0 bridgehead atoms. The molecule has 0 aliphatic heterocycles. The lowest BCUT2D eigenvalue weighted by Crippen LogP contribution is -1.90. The third-order valence-electron chi connectivity index (χ3n) is 1.93. The van der Waals surface area contributed by atoms with E-state index in [0.717, 1.165) is 10.3 Å². The average Bonchev–Trinajstić information content (AvgIpc) is 2.47. The Labute approximate surface area is 83.9 Å². The molecule has 4 heteroatoms. The van der Waals surface area contributed by atoms with Crippen molar-refractivity contribution in [3.05, 3.63) is 28.9 Å². The maximum absolute atomic E-state index is 13.1. The third kappa shape index (κ3) is 1.38. The number of nitrogens with two attached hydrogens (primary N) is 1. The van der Waals surface area contributed by atoms with Gasteiger partial charge in [-0.25, -0.2) is 4.39 Å². The van der Waals surface area contributed by atoms with E-state index in [-0.39, 0.29) is 5.82 Å². The zero-order chi connectivity index (χ0) is 9.42. The standard InChI is InChI=1S/C9H7ClFNS/c10-3-5-1-9-6(2-8(5)12)7(11)4-13-9/h1-2,4H,3,12H2. The number of alkyl halides is 1. The number of hydrogen-bond acceptors (Lipinski definition) is 2. The fraction of sp³-hybridized carbons (Fsp3) is 0.111. The first kappa shape index (κ1) is 8.78. The SMILES string of the molecule is Nc1cc2c(F)csc2cc1CCl. The zero-order valence-corrected chi connectivity index (χ0v) is 8.25. The molecule has 0 atom stereocenters. The van der Waals surface area contributed by atoms with E-state index in [2.05, 4.69) is 0 Å².